The Labute approximate surface area is 190 Å². The highest BCUT2D eigenvalue weighted by molar-refractivity contribution is 9.09. The van der Waals surface area contributed by atoms with Gasteiger partial charge in [0, 0.05) is 23.1 Å². The van der Waals surface area contributed by atoms with Crippen molar-refractivity contribution in [1.82, 2.24) is 15.1 Å². The number of urea groups is 1. The number of alkyl halides is 2. The van der Waals surface area contributed by atoms with Crippen LogP contribution in [0.3, 0.4) is 0 Å². The van der Waals surface area contributed by atoms with Gasteiger partial charge in [0.05, 0.1) is 13.2 Å². The van der Waals surface area contributed by atoms with Crippen LogP contribution in [0, 0.1) is 0 Å². The topological polar surface area (TPSA) is 84.9 Å². The van der Waals surface area contributed by atoms with Crippen molar-refractivity contribution in [3.05, 3.63) is 17.2 Å². The molecule has 0 saturated carbocycles. The molecule has 2 saturated heterocycles. The third-order valence-corrected chi connectivity index (χ3v) is 6.77. The molecule has 29 heavy (non-hydrogen) atoms. The molecule has 1 aromatic rings. The lowest BCUT2D eigenvalue weighted by Crippen LogP contribution is -2.39. The molecule has 2 aliphatic rings. The fourth-order valence-electron chi connectivity index (χ4n) is 3.14. The first-order valence-electron chi connectivity index (χ1n) is 9.57. The summed E-state index contributed by atoms with van der Waals surface area (Å²) in [4.78, 5) is 28.8. The van der Waals surface area contributed by atoms with Gasteiger partial charge in [-0.25, -0.2) is 14.5 Å². The molecule has 0 N–H and O–H groups in total. The van der Waals surface area contributed by atoms with Crippen molar-refractivity contribution in [1.29, 1.82) is 0 Å². The summed E-state index contributed by atoms with van der Waals surface area (Å²) in [5.74, 6) is -0.449. The van der Waals surface area contributed by atoms with E-state index >= 15 is 0 Å². The van der Waals surface area contributed by atoms with Crippen molar-refractivity contribution >= 4 is 60.3 Å². The number of anilines is 1. The Kier molecular flexibility index (Phi) is 8.45. The van der Waals surface area contributed by atoms with Crippen LogP contribution in [-0.2, 0) is 20.7 Å². The molecular formula is C18H24Br2N4O4S. The predicted molar refractivity (Wildman–Crippen MR) is 118 cm³/mol. The number of hydrogen-bond acceptors (Lipinski definition) is 7. The van der Waals surface area contributed by atoms with Crippen LogP contribution >= 0.6 is 43.2 Å². The Morgan fingerprint density at radius 2 is 2.28 bits per heavy atom. The number of halogens is 2. The monoisotopic (exact) mass is 550 g/mol. The highest BCUT2D eigenvalue weighted by Crippen LogP contribution is 2.30. The van der Waals surface area contributed by atoms with Gasteiger partial charge in [0.15, 0.2) is 6.10 Å². The quantitative estimate of drug-likeness (QED) is 0.265. The second-order valence-electron chi connectivity index (χ2n) is 6.77. The molecule has 8 nitrogen and oxygen atoms in total. The van der Waals surface area contributed by atoms with Gasteiger partial charge < -0.3 is 14.4 Å². The fourth-order valence-corrected chi connectivity index (χ4v) is 4.77. The molecule has 3 atom stereocenters. The average Bonchev–Trinajstić information content (AvgIpc) is 3.40. The zero-order chi connectivity index (χ0) is 20.8. The van der Waals surface area contributed by atoms with E-state index in [9.17, 15) is 9.59 Å². The maximum atomic E-state index is 13.0. The molecule has 0 aromatic carbocycles. The third kappa shape index (κ3) is 5.77. The van der Waals surface area contributed by atoms with E-state index in [1.807, 2.05) is 13.0 Å². The molecule has 11 heteroatoms. The first-order chi connectivity index (χ1) is 14.0. The van der Waals surface area contributed by atoms with Gasteiger partial charge in [0.25, 0.3) is 0 Å². The minimum atomic E-state index is -0.736. The first kappa shape index (κ1) is 22.6. The van der Waals surface area contributed by atoms with Gasteiger partial charge in [0.1, 0.15) is 5.01 Å². The van der Waals surface area contributed by atoms with Crippen molar-refractivity contribution in [2.24, 2.45) is 0 Å². The molecule has 2 amide bonds. The van der Waals surface area contributed by atoms with E-state index in [0.29, 0.717) is 31.2 Å². The normalized spacial score (nSPS) is 24.8. The van der Waals surface area contributed by atoms with Crippen molar-refractivity contribution in [3.63, 3.8) is 0 Å². The summed E-state index contributed by atoms with van der Waals surface area (Å²) in [6, 6.07) is -0.217. The molecule has 0 radical (unpaired) electrons. The number of carbonyl (C=O) groups is 2. The van der Waals surface area contributed by atoms with Gasteiger partial charge in [-0.3, -0.25) is 0 Å². The maximum Gasteiger partial charge on any atom is 0.337 e. The van der Waals surface area contributed by atoms with E-state index < -0.39 is 18.3 Å². The number of rotatable bonds is 9. The Balaban J connectivity index is 1.73. The molecule has 0 aliphatic carbocycles. The average molecular weight is 552 g/mol. The van der Waals surface area contributed by atoms with Crippen molar-refractivity contribution in [2.45, 2.75) is 49.8 Å². The highest BCUT2D eigenvalue weighted by atomic mass is 79.9. The summed E-state index contributed by atoms with van der Waals surface area (Å²) in [6.45, 7) is 3.32. The molecule has 2 aliphatic heterocycles. The molecule has 0 bridgehead atoms. The van der Waals surface area contributed by atoms with E-state index in [2.05, 4.69) is 48.1 Å². The Morgan fingerprint density at radius 3 is 2.97 bits per heavy atom. The number of hydrogen-bond donors (Lipinski definition) is 0. The molecule has 0 spiro atoms. The van der Waals surface area contributed by atoms with Gasteiger partial charge in [-0.1, -0.05) is 55.3 Å². The number of aromatic nitrogens is 2. The summed E-state index contributed by atoms with van der Waals surface area (Å²) in [5, 5.41) is 10.5. The van der Waals surface area contributed by atoms with E-state index in [4.69, 9.17) is 9.47 Å². The summed E-state index contributed by atoms with van der Waals surface area (Å²) in [7, 11) is 0. The number of aryl methyl sites for hydroxylation is 1. The highest BCUT2D eigenvalue weighted by Gasteiger charge is 2.43. The standard InChI is InChI=1S/C18H24Br2N4O4S/c1-2-3-4-6-14-21-22-17(29-14)24-15(10-23(18(24)26)8-5-7-19)28-16(25)13-9-12(20)11-27-13/h2-3,12-13,15H,4-11H2,1H3. The van der Waals surface area contributed by atoms with Crippen LogP contribution < -0.4 is 4.90 Å². The summed E-state index contributed by atoms with van der Waals surface area (Å²) >= 11 is 8.20. The van der Waals surface area contributed by atoms with Crippen LogP contribution in [0.15, 0.2) is 12.2 Å². The maximum absolute atomic E-state index is 13.0. The minimum Gasteiger partial charge on any atom is -0.437 e. The molecule has 3 rings (SSSR count). The van der Waals surface area contributed by atoms with Gasteiger partial charge in [-0.2, -0.15) is 0 Å². The third-order valence-electron chi connectivity index (χ3n) is 4.59. The SMILES string of the molecule is CC=CCCc1nnc(N2C(=O)N(CCCBr)CC2OC(=O)C2CC(Br)CO2)s1. The molecule has 160 valence electrons. The zero-order valence-corrected chi connectivity index (χ0v) is 20.1. The second-order valence-corrected chi connectivity index (χ2v) is 9.90. The van der Waals surface area contributed by atoms with Gasteiger partial charge in [-0.15, -0.1) is 10.2 Å². The van der Waals surface area contributed by atoms with Crippen LogP contribution in [0.2, 0.25) is 0 Å². The largest absolute Gasteiger partial charge is 0.437 e. The Morgan fingerprint density at radius 1 is 1.45 bits per heavy atom. The molecule has 3 unspecified atom stereocenters. The van der Waals surface area contributed by atoms with E-state index in [1.165, 1.54) is 16.2 Å². The second kappa shape index (κ2) is 10.8. The van der Waals surface area contributed by atoms with Crippen LogP contribution in [0.25, 0.3) is 0 Å². The molecule has 3 heterocycles. The number of esters is 1. The Bertz CT molecular complexity index is 747. The first-order valence-corrected chi connectivity index (χ1v) is 12.4. The Hall–Kier alpha value is -1.04. The molecular weight excluding hydrogens is 528 g/mol. The predicted octanol–water partition coefficient (Wildman–Crippen LogP) is 3.50. The minimum absolute atomic E-state index is 0.139. The van der Waals surface area contributed by atoms with Crippen LogP contribution in [0.5, 0.6) is 0 Å². The van der Waals surface area contributed by atoms with Gasteiger partial charge >= 0.3 is 12.0 Å². The van der Waals surface area contributed by atoms with Gasteiger partial charge in [-0.05, 0) is 26.2 Å². The van der Waals surface area contributed by atoms with Crippen LogP contribution in [0.1, 0.15) is 31.2 Å². The van der Waals surface area contributed by atoms with E-state index in [1.54, 1.807) is 4.90 Å². The number of amides is 2. The lowest BCUT2D eigenvalue weighted by molar-refractivity contribution is -0.159. The number of carbonyl (C=O) groups excluding carboxylic acids is 2. The van der Waals surface area contributed by atoms with Crippen LogP contribution in [0.4, 0.5) is 9.93 Å². The number of nitrogens with zero attached hydrogens (tertiary/aromatic N) is 4. The zero-order valence-electron chi connectivity index (χ0n) is 16.1. The summed E-state index contributed by atoms with van der Waals surface area (Å²) < 4.78 is 11.2. The van der Waals surface area contributed by atoms with Crippen molar-refractivity contribution in [2.75, 3.05) is 29.9 Å². The van der Waals surface area contributed by atoms with E-state index in [0.717, 1.165) is 29.6 Å². The fraction of sp³-hybridized carbons (Fsp3) is 0.667. The van der Waals surface area contributed by atoms with Crippen molar-refractivity contribution < 1.29 is 19.1 Å². The number of allylic oxidation sites excluding steroid dienone is 2. The lowest BCUT2D eigenvalue weighted by Gasteiger charge is -2.21. The van der Waals surface area contributed by atoms with Gasteiger partial charge in [0.2, 0.25) is 11.4 Å². The lowest BCUT2D eigenvalue weighted by atomic mass is 10.2. The van der Waals surface area contributed by atoms with Crippen molar-refractivity contribution in [3.8, 4) is 0 Å². The number of ether oxygens (including phenoxy) is 2. The molecule has 2 fully saturated rings. The summed E-state index contributed by atoms with van der Waals surface area (Å²) in [6.07, 6.45) is 5.69. The smallest absolute Gasteiger partial charge is 0.337 e. The molecule has 1 aromatic heterocycles. The van der Waals surface area contributed by atoms with Crippen LogP contribution in [-0.4, -0.2) is 69.3 Å². The summed E-state index contributed by atoms with van der Waals surface area (Å²) in [5.41, 5.74) is 0. The van der Waals surface area contributed by atoms with E-state index in [-0.39, 0.29) is 10.9 Å².